The molecule has 2 aliphatic rings. The van der Waals surface area contributed by atoms with Gasteiger partial charge in [0.15, 0.2) is 0 Å². The van der Waals surface area contributed by atoms with E-state index < -0.39 is 0 Å². The monoisotopic (exact) mass is 261 g/mol. The third kappa shape index (κ3) is 2.69. The van der Waals surface area contributed by atoms with Gasteiger partial charge in [-0.15, -0.1) is 0 Å². The fraction of sp³-hybridized carbons (Fsp3) is 0.647. The second-order valence-electron chi connectivity index (χ2n) is 6.76. The van der Waals surface area contributed by atoms with Crippen LogP contribution in [-0.4, -0.2) is 25.5 Å². The summed E-state index contributed by atoms with van der Waals surface area (Å²) >= 11 is 0. The predicted octanol–water partition coefficient (Wildman–Crippen LogP) is 3.91. The van der Waals surface area contributed by atoms with E-state index in [1.807, 2.05) is 6.07 Å². The highest BCUT2D eigenvalue weighted by Gasteiger charge is 2.42. The fourth-order valence-corrected chi connectivity index (χ4v) is 4.40. The summed E-state index contributed by atoms with van der Waals surface area (Å²) in [4.78, 5) is 2.30. The summed E-state index contributed by atoms with van der Waals surface area (Å²) in [6, 6.07) is 7.31. The summed E-state index contributed by atoms with van der Waals surface area (Å²) in [5.74, 6) is 2.92. The van der Waals surface area contributed by atoms with Gasteiger partial charge in [0.05, 0.1) is 0 Å². The van der Waals surface area contributed by atoms with Crippen LogP contribution < -0.4 is 0 Å². The number of nitrogens with zero attached hydrogens (tertiary/aromatic N) is 1. The van der Waals surface area contributed by atoms with E-state index in [1.54, 1.807) is 12.1 Å². The standard InChI is InChI=1S/C17H24FN/c1-19(2)11-17-14-7-6-12(8-14)9-16(17)13-4-3-5-15(18)10-13/h3-5,10,12,14,16-17H,6-9,11H2,1-2H3/t12-,14+,16?,17?/m1/s1. The highest BCUT2D eigenvalue weighted by molar-refractivity contribution is 5.23. The maximum atomic E-state index is 13.5. The van der Waals surface area contributed by atoms with Crippen LogP contribution in [0.2, 0.25) is 0 Å². The molecule has 1 nitrogen and oxygen atoms in total. The third-order valence-electron chi connectivity index (χ3n) is 5.14. The van der Waals surface area contributed by atoms with E-state index in [0.717, 1.165) is 18.4 Å². The fourth-order valence-electron chi connectivity index (χ4n) is 4.40. The molecule has 2 unspecified atom stereocenters. The molecule has 2 aliphatic carbocycles. The van der Waals surface area contributed by atoms with E-state index in [4.69, 9.17) is 0 Å². The van der Waals surface area contributed by atoms with Crippen LogP contribution in [0.3, 0.4) is 0 Å². The number of fused-ring (bicyclic) bond motifs is 2. The van der Waals surface area contributed by atoms with Crippen molar-refractivity contribution in [2.45, 2.75) is 31.6 Å². The lowest BCUT2D eigenvalue weighted by Gasteiger charge is -2.38. The first kappa shape index (κ1) is 13.1. The molecule has 2 saturated carbocycles. The lowest BCUT2D eigenvalue weighted by molar-refractivity contribution is 0.165. The largest absolute Gasteiger partial charge is 0.309 e. The molecule has 104 valence electrons. The quantitative estimate of drug-likeness (QED) is 0.797. The Hall–Kier alpha value is -0.890. The van der Waals surface area contributed by atoms with Crippen molar-refractivity contribution < 1.29 is 4.39 Å². The van der Waals surface area contributed by atoms with Crippen molar-refractivity contribution in [2.24, 2.45) is 17.8 Å². The van der Waals surface area contributed by atoms with Gasteiger partial charge in [-0.1, -0.05) is 18.6 Å². The topological polar surface area (TPSA) is 3.24 Å². The molecule has 2 fully saturated rings. The molecule has 3 rings (SSSR count). The Balaban J connectivity index is 1.88. The van der Waals surface area contributed by atoms with Gasteiger partial charge in [-0.3, -0.25) is 0 Å². The van der Waals surface area contributed by atoms with E-state index in [0.29, 0.717) is 11.8 Å². The van der Waals surface area contributed by atoms with Crippen molar-refractivity contribution >= 4 is 0 Å². The molecular weight excluding hydrogens is 237 g/mol. The van der Waals surface area contributed by atoms with Gasteiger partial charge in [-0.2, -0.15) is 0 Å². The van der Waals surface area contributed by atoms with Crippen LogP contribution in [0, 0.1) is 23.6 Å². The first-order chi connectivity index (χ1) is 9.13. The summed E-state index contributed by atoms with van der Waals surface area (Å²) < 4.78 is 13.5. The molecule has 0 radical (unpaired) electrons. The zero-order valence-corrected chi connectivity index (χ0v) is 12.0. The van der Waals surface area contributed by atoms with Crippen molar-refractivity contribution in [1.29, 1.82) is 0 Å². The Morgan fingerprint density at radius 2 is 2.05 bits per heavy atom. The van der Waals surface area contributed by atoms with Crippen molar-refractivity contribution in [3.05, 3.63) is 35.6 Å². The molecule has 0 spiro atoms. The van der Waals surface area contributed by atoms with E-state index >= 15 is 0 Å². The predicted molar refractivity (Wildman–Crippen MR) is 76.6 cm³/mol. The number of benzene rings is 1. The van der Waals surface area contributed by atoms with Gasteiger partial charge in [0.25, 0.3) is 0 Å². The van der Waals surface area contributed by atoms with Gasteiger partial charge in [0.1, 0.15) is 5.82 Å². The average molecular weight is 261 g/mol. The summed E-state index contributed by atoms with van der Waals surface area (Å²) in [7, 11) is 4.31. The maximum absolute atomic E-state index is 13.5. The molecule has 0 saturated heterocycles. The minimum atomic E-state index is -0.0842. The van der Waals surface area contributed by atoms with E-state index in [2.05, 4.69) is 25.1 Å². The molecule has 19 heavy (non-hydrogen) atoms. The average Bonchev–Trinajstić information content (AvgIpc) is 2.75. The SMILES string of the molecule is CN(C)CC1C(c2cccc(F)c2)C[C@@H]2CC[C@H]1C2. The molecule has 0 aromatic heterocycles. The van der Waals surface area contributed by atoms with E-state index in [1.165, 1.54) is 31.2 Å². The molecule has 0 N–H and O–H groups in total. The molecule has 2 bridgehead atoms. The van der Waals surface area contributed by atoms with Crippen LogP contribution >= 0.6 is 0 Å². The molecular formula is C17H24FN. The summed E-state index contributed by atoms with van der Waals surface area (Å²) in [5.41, 5.74) is 1.23. The van der Waals surface area contributed by atoms with Crippen LogP contribution in [0.4, 0.5) is 4.39 Å². The lowest BCUT2D eigenvalue weighted by Crippen LogP contribution is -2.34. The van der Waals surface area contributed by atoms with Crippen LogP contribution in [0.1, 0.15) is 37.2 Å². The minimum absolute atomic E-state index is 0.0842. The molecule has 2 heteroatoms. The number of rotatable bonds is 3. The molecule has 4 atom stereocenters. The second-order valence-corrected chi connectivity index (χ2v) is 6.76. The molecule has 0 aliphatic heterocycles. The number of hydrogen-bond acceptors (Lipinski definition) is 1. The Labute approximate surface area is 115 Å². The molecule has 1 aromatic carbocycles. The lowest BCUT2D eigenvalue weighted by atomic mass is 9.69. The summed E-state index contributed by atoms with van der Waals surface area (Å²) in [6.07, 6.45) is 5.44. The van der Waals surface area contributed by atoms with Crippen LogP contribution in [0.25, 0.3) is 0 Å². The van der Waals surface area contributed by atoms with Crippen LogP contribution in [-0.2, 0) is 0 Å². The number of halogens is 1. The first-order valence-corrected chi connectivity index (χ1v) is 7.53. The zero-order chi connectivity index (χ0) is 13.4. The first-order valence-electron chi connectivity index (χ1n) is 7.53. The van der Waals surface area contributed by atoms with Gasteiger partial charge < -0.3 is 4.90 Å². The van der Waals surface area contributed by atoms with Crippen molar-refractivity contribution in [3.8, 4) is 0 Å². The van der Waals surface area contributed by atoms with Gasteiger partial charge in [0.2, 0.25) is 0 Å². The smallest absolute Gasteiger partial charge is 0.123 e. The van der Waals surface area contributed by atoms with E-state index in [9.17, 15) is 4.39 Å². The van der Waals surface area contributed by atoms with Crippen molar-refractivity contribution in [3.63, 3.8) is 0 Å². The van der Waals surface area contributed by atoms with E-state index in [-0.39, 0.29) is 5.82 Å². The summed E-state index contributed by atoms with van der Waals surface area (Å²) in [6.45, 7) is 1.14. The number of hydrogen-bond donors (Lipinski definition) is 0. The van der Waals surface area contributed by atoms with Crippen molar-refractivity contribution in [2.75, 3.05) is 20.6 Å². The Kier molecular flexibility index (Phi) is 3.62. The summed E-state index contributed by atoms with van der Waals surface area (Å²) in [5, 5.41) is 0. The van der Waals surface area contributed by atoms with Gasteiger partial charge in [0, 0.05) is 6.54 Å². The third-order valence-corrected chi connectivity index (χ3v) is 5.14. The van der Waals surface area contributed by atoms with Gasteiger partial charge in [-0.25, -0.2) is 4.39 Å². The van der Waals surface area contributed by atoms with Crippen LogP contribution in [0.15, 0.2) is 24.3 Å². The Bertz CT molecular complexity index is 443. The minimum Gasteiger partial charge on any atom is -0.309 e. The molecule has 0 heterocycles. The highest BCUT2D eigenvalue weighted by atomic mass is 19.1. The highest BCUT2D eigenvalue weighted by Crippen LogP contribution is 2.52. The Morgan fingerprint density at radius 3 is 2.79 bits per heavy atom. The van der Waals surface area contributed by atoms with Gasteiger partial charge in [-0.05, 0) is 74.7 Å². The zero-order valence-electron chi connectivity index (χ0n) is 12.0. The molecule has 1 aromatic rings. The molecule has 0 amide bonds. The van der Waals surface area contributed by atoms with Crippen LogP contribution in [0.5, 0.6) is 0 Å². The Morgan fingerprint density at radius 1 is 1.21 bits per heavy atom. The van der Waals surface area contributed by atoms with Gasteiger partial charge >= 0.3 is 0 Å². The van der Waals surface area contributed by atoms with Crippen molar-refractivity contribution in [1.82, 2.24) is 4.90 Å². The normalized spacial score (nSPS) is 33.9. The maximum Gasteiger partial charge on any atom is 0.123 e. The second kappa shape index (κ2) is 5.24.